The second-order valence-electron chi connectivity index (χ2n) is 3.18. The Morgan fingerprint density at radius 3 is 2.42 bits per heavy atom. The minimum atomic E-state index is 0.581. The number of nitrogens with zero attached hydrogens (tertiary/aromatic N) is 1. The highest BCUT2D eigenvalue weighted by atomic mass is 16.4. The lowest BCUT2D eigenvalue weighted by Crippen LogP contribution is -2.21. The monoisotopic (exact) mass is 161 g/mol. The smallest absolute Gasteiger partial charge is 0.0583 e. The molecule has 1 aliphatic carbocycles. The maximum atomic E-state index is 8.44. The van der Waals surface area contributed by atoms with Crippen molar-refractivity contribution in [2.45, 2.75) is 18.8 Å². The predicted octanol–water partition coefficient (Wildman–Crippen LogP) is 2.39. The third-order valence-electron chi connectivity index (χ3n) is 2.38. The van der Waals surface area contributed by atoms with Crippen molar-refractivity contribution in [1.82, 2.24) is 0 Å². The summed E-state index contributed by atoms with van der Waals surface area (Å²) in [7, 11) is 0. The lowest BCUT2D eigenvalue weighted by molar-refractivity contribution is 0.311. The van der Waals surface area contributed by atoms with E-state index in [-0.39, 0.29) is 0 Å². The van der Waals surface area contributed by atoms with Crippen LogP contribution in [-0.4, -0.2) is 10.9 Å². The molecule has 1 aromatic carbocycles. The van der Waals surface area contributed by atoms with Crippen LogP contribution in [0.15, 0.2) is 35.5 Å². The summed E-state index contributed by atoms with van der Waals surface area (Å²) in [6.07, 6.45) is 1.83. The summed E-state index contributed by atoms with van der Waals surface area (Å²) in [4.78, 5) is 0. The molecular weight excluding hydrogens is 150 g/mol. The van der Waals surface area contributed by atoms with Gasteiger partial charge in [-0.3, -0.25) is 0 Å². The molecule has 0 atom stereocenters. The Bertz CT molecular complexity index is 284. The first-order chi connectivity index (χ1) is 5.90. The van der Waals surface area contributed by atoms with Gasteiger partial charge >= 0.3 is 0 Å². The SMILES string of the molecule is ON=C1CC(c2ccccc2)C1. The molecule has 0 unspecified atom stereocenters. The van der Waals surface area contributed by atoms with Gasteiger partial charge in [0.05, 0.1) is 5.71 Å². The maximum Gasteiger partial charge on any atom is 0.0583 e. The molecule has 1 aromatic rings. The highest BCUT2D eigenvalue weighted by molar-refractivity contribution is 5.91. The van der Waals surface area contributed by atoms with Crippen molar-refractivity contribution in [2.24, 2.45) is 5.16 Å². The number of oxime groups is 1. The molecule has 1 aliphatic rings. The van der Waals surface area contributed by atoms with Crippen molar-refractivity contribution < 1.29 is 5.21 Å². The lowest BCUT2D eigenvalue weighted by atomic mass is 9.78. The first-order valence-corrected chi connectivity index (χ1v) is 4.15. The quantitative estimate of drug-likeness (QED) is 0.498. The summed E-state index contributed by atoms with van der Waals surface area (Å²) in [6, 6.07) is 10.4. The predicted molar refractivity (Wildman–Crippen MR) is 47.6 cm³/mol. The van der Waals surface area contributed by atoms with Gasteiger partial charge in [0.15, 0.2) is 0 Å². The average molecular weight is 161 g/mol. The van der Waals surface area contributed by atoms with Gasteiger partial charge in [-0.1, -0.05) is 35.5 Å². The zero-order chi connectivity index (χ0) is 8.39. The van der Waals surface area contributed by atoms with Crippen LogP contribution in [0.2, 0.25) is 0 Å². The van der Waals surface area contributed by atoms with Crippen LogP contribution in [0, 0.1) is 0 Å². The van der Waals surface area contributed by atoms with E-state index in [1.165, 1.54) is 5.56 Å². The Hall–Kier alpha value is -1.31. The fourth-order valence-corrected chi connectivity index (χ4v) is 1.55. The Kier molecular flexibility index (Phi) is 1.82. The van der Waals surface area contributed by atoms with E-state index in [0.29, 0.717) is 5.92 Å². The van der Waals surface area contributed by atoms with Gasteiger partial charge in [0, 0.05) is 0 Å². The van der Waals surface area contributed by atoms with Crippen molar-refractivity contribution >= 4 is 5.71 Å². The van der Waals surface area contributed by atoms with Crippen molar-refractivity contribution in [2.75, 3.05) is 0 Å². The van der Waals surface area contributed by atoms with Gasteiger partial charge in [-0.05, 0) is 24.3 Å². The van der Waals surface area contributed by atoms with Gasteiger partial charge < -0.3 is 5.21 Å². The first kappa shape index (κ1) is 7.35. The van der Waals surface area contributed by atoms with Gasteiger partial charge in [0.25, 0.3) is 0 Å². The zero-order valence-electron chi connectivity index (χ0n) is 6.77. The van der Waals surface area contributed by atoms with Gasteiger partial charge in [-0.2, -0.15) is 0 Å². The normalized spacial score (nSPS) is 21.7. The van der Waals surface area contributed by atoms with Crippen LogP contribution in [0.4, 0.5) is 0 Å². The van der Waals surface area contributed by atoms with E-state index >= 15 is 0 Å². The van der Waals surface area contributed by atoms with E-state index in [9.17, 15) is 0 Å². The van der Waals surface area contributed by atoms with Crippen LogP contribution < -0.4 is 0 Å². The molecule has 1 saturated carbocycles. The summed E-state index contributed by atoms with van der Waals surface area (Å²) in [5.74, 6) is 0.581. The standard InChI is InChI=1S/C10H11NO/c12-11-10-6-9(7-10)8-4-2-1-3-5-8/h1-5,9,12H,6-7H2. The third-order valence-corrected chi connectivity index (χ3v) is 2.38. The molecule has 0 amide bonds. The van der Waals surface area contributed by atoms with Crippen LogP contribution in [0.25, 0.3) is 0 Å². The fourth-order valence-electron chi connectivity index (χ4n) is 1.55. The Labute approximate surface area is 71.5 Å². The molecule has 0 spiro atoms. The molecule has 0 aliphatic heterocycles. The average Bonchev–Trinajstić information content (AvgIpc) is 2.04. The minimum Gasteiger partial charge on any atom is -0.411 e. The van der Waals surface area contributed by atoms with E-state index in [4.69, 9.17) is 5.21 Å². The van der Waals surface area contributed by atoms with Gasteiger partial charge in [0.1, 0.15) is 0 Å². The summed E-state index contributed by atoms with van der Waals surface area (Å²) >= 11 is 0. The van der Waals surface area contributed by atoms with Crippen molar-refractivity contribution in [3.8, 4) is 0 Å². The summed E-state index contributed by atoms with van der Waals surface area (Å²) < 4.78 is 0. The van der Waals surface area contributed by atoms with E-state index in [1.807, 2.05) is 18.2 Å². The van der Waals surface area contributed by atoms with Gasteiger partial charge in [-0.25, -0.2) is 0 Å². The highest BCUT2D eigenvalue weighted by Gasteiger charge is 2.26. The van der Waals surface area contributed by atoms with E-state index < -0.39 is 0 Å². The molecule has 0 aromatic heterocycles. The minimum absolute atomic E-state index is 0.581. The molecule has 2 nitrogen and oxygen atoms in total. The second kappa shape index (κ2) is 2.97. The van der Waals surface area contributed by atoms with Crippen LogP contribution in [-0.2, 0) is 0 Å². The second-order valence-corrected chi connectivity index (χ2v) is 3.18. The largest absolute Gasteiger partial charge is 0.411 e. The summed E-state index contributed by atoms with van der Waals surface area (Å²) in [5, 5.41) is 11.6. The Balaban J connectivity index is 2.06. The van der Waals surface area contributed by atoms with E-state index in [0.717, 1.165) is 18.6 Å². The number of benzene rings is 1. The summed E-state index contributed by atoms with van der Waals surface area (Å²) in [5.41, 5.74) is 2.27. The number of rotatable bonds is 1. The number of hydrogen-bond donors (Lipinski definition) is 1. The van der Waals surface area contributed by atoms with E-state index in [2.05, 4.69) is 17.3 Å². The van der Waals surface area contributed by atoms with Gasteiger partial charge in [-0.15, -0.1) is 0 Å². The molecule has 62 valence electrons. The molecule has 0 radical (unpaired) electrons. The fraction of sp³-hybridized carbons (Fsp3) is 0.300. The van der Waals surface area contributed by atoms with Crippen LogP contribution in [0.5, 0.6) is 0 Å². The zero-order valence-corrected chi connectivity index (χ0v) is 6.77. The lowest BCUT2D eigenvalue weighted by Gasteiger charge is -2.26. The molecule has 1 fully saturated rings. The molecule has 0 heterocycles. The van der Waals surface area contributed by atoms with E-state index in [1.54, 1.807) is 0 Å². The van der Waals surface area contributed by atoms with Crippen LogP contribution in [0.1, 0.15) is 24.3 Å². The molecule has 0 bridgehead atoms. The maximum absolute atomic E-state index is 8.44. The Morgan fingerprint density at radius 1 is 1.17 bits per heavy atom. The van der Waals surface area contributed by atoms with Crippen molar-refractivity contribution in [3.05, 3.63) is 35.9 Å². The molecular formula is C10H11NO. The molecule has 2 heteroatoms. The Morgan fingerprint density at radius 2 is 1.83 bits per heavy atom. The first-order valence-electron chi connectivity index (χ1n) is 4.15. The van der Waals surface area contributed by atoms with Gasteiger partial charge in [0.2, 0.25) is 0 Å². The molecule has 12 heavy (non-hydrogen) atoms. The van der Waals surface area contributed by atoms with Crippen molar-refractivity contribution in [3.63, 3.8) is 0 Å². The van der Waals surface area contributed by atoms with Crippen molar-refractivity contribution in [1.29, 1.82) is 0 Å². The molecule has 0 saturated heterocycles. The summed E-state index contributed by atoms with van der Waals surface area (Å²) in [6.45, 7) is 0. The topological polar surface area (TPSA) is 32.6 Å². The third kappa shape index (κ3) is 1.20. The molecule has 1 N–H and O–H groups in total. The van der Waals surface area contributed by atoms with Crippen LogP contribution >= 0.6 is 0 Å². The highest BCUT2D eigenvalue weighted by Crippen LogP contribution is 2.33. The molecule has 2 rings (SSSR count). The van der Waals surface area contributed by atoms with Crippen LogP contribution in [0.3, 0.4) is 0 Å². The number of hydrogen-bond acceptors (Lipinski definition) is 2.